The summed E-state index contributed by atoms with van der Waals surface area (Å²) in [6.45, 7) is 1.60. The number of anilines is 1. The van der Waals surface area contributed by atoms with Crippen molar-refractivity contribution in [2.75, 3.05) is 18.0 Å². The Balaban J connectivity index is 1.51. The van der Waals surface area contributed by atoms with Crippen molar-refractivity contribution in [3.63, 3.8) is 0 Å². The van der Waals surface area contributed by atoms with Gasteiger partial charge in [0.25, 0.3) is 0 Å². The lowest BCUT2D eigenvalue weighted by molar-refractivity contribution is 0.145. The molecule has 2 aliphatic rings. The van der Waals surface area contributed by atoms with Crippen molar-refractivity contribution in [3.05, 3.63) is 29.4 Å². The molecule has 0 atom stereocenters. The van der Waals surface area contributed by atoms with Crippen LogP contribution in [0.5, 0.6) is 0 Å². The average Bonchev–Trinajstić information content (AvgIpc) is 3.06. The molecule has 1 N–H and O–H groups in total. The Kier molecular flexibility index (Phi) is 3.99. The molecule has 0 amide bonds. The van der Waals surface area contributed by atoms with Crippen LogP contribution in [-0.2, 0) is 5.41 Å². The summed E-state index contributed by atoms with van der Waals surface area (Å²) in [6, 6.07) is 6.67. The molecule has 1 saturated heterocycles. The van der Waals surface area contributed by atoms with Gasteiger partial charge in [0.1, 0.15) is 0 Å². The van der Waals surface area contributed by atoms with Crippen molar-refractivity contribution in [1.29, 1.82) is 5.26 Å². The van der Waals surface area contributed by atoms with Gasteiger partial charge in [0.2, 0.25) is 5.95 Å². The highest BCUT2D eigenvalue weighted by atomic mass is 32.1. The maximum atomic E-state index is 9.59. The lowest BCUT2D eigenvalue weighted by Gasteiger charge is -2.34. The Bertz CT molecular complexity index is 752. The summed E-state index contributed by atoms with van der Waals surface area (Å²) in [7, 11) is 0. The van der Waals surface area contributed by atoms with Gasteiger partial charge in [0, 0.05) is 40.8 Å². The fourth-order valence-corrected chi connectivity index (χ4v) is 4.55. The Morgan fingerprint density at radius 2 is 1.92 bits per heavy atom. The van der Waals surface area contributed by atoms with Gasteiger partial charge in [-0.15, -0.1) is 11.3 Å². The molecule has 6 heteroatoms. The van der Waals surface area contributed by atoms with Crippen LogP contribution in [0.4, 0.5) is 5.95 Å². The van der Waals surface area contributed by atoms with Crippen LogP contribution in [0.15, 0.2) is 24.5 Å². The van der Waals surface area contributed by atoms with Gasteiger partial charge in [-0.25, -0.2) is 9.97 Å². The van der Waals surface area contributed by atoms with Crippen molar-refractivity contribution >= 4 is 17.3 Å². The van der Waals surface area contributed by atoms with Crippen LogP contribution in [0.25, 0.3) is 10.4 Å². The molecule has 0 bridgehead atoms. The molecule has 24 heavy (non-hydrogen) atoms. The first-order valence-corrected chi connectivity index (χ1v) is 9.29. The van der Waals surface area contributed by atoms with Crippen LogP contribution in [0.2, 0.25) is 0 Å². The standard InChI is InChI=1S/C18H20N4OS/c19-12-18(6-1-7-18)16-3-2-15(24-16)13-10-20-17(21-11-13)22-8-4-14(23)5-9-22/h2-3,10-11,14,23H,1,4-9H2. The number of aliphatic hydroxyl groups excluding tert-OH is 1. The zero-order valence-electron chi connectivity index (χ0n) is 13.5. The molecule has 1 aliphatic carbocycles. The fraction of sp³-hybridized carbons (Fsp3) is 0.500. The van der Waals surface area contributed by atoms with E-state index in [-0.39, 0.29) is 11.5 Å². The van der Waals surface area contributed by atoms with Gasteiger partial charge < -0.3 is 10.0 Å². The van der Waals surface area contributed by atoms with E-state index in [9.17, 15) is 10.4 Å². The number of piperidine rings is 1. The first-order chi connectivity index (χ1) is 11.7. The highest BCUT2D eigenvalue weighted by molar-refractivity contribution is 7.15. The minimum atomic E-state index is -0.252. The summed E-state index contributed by atoms with van der Waals surface area (Å²) >= 11 is 1.69. The van der Waals surface area contributed by atoms with Crippen molar-refractivity contribution in [2.45, 2.75) is 43.6 Å². The second kappa shape index (κ2) is 6.15. The summed E-state index contributed by atoms with van der Waals surface area (Å²) in [5.41, 5.74) is 0.748. The molecule has 2 aromatic rings. The minimum absolute atomic E-state index is 0.191. The Labute approximate surface area is 145 Å². The number of aliphatic hydroxyl groups is 1. The van der Waals surface area contributed by atoms with Gasteiger partial charge in [-0.05, 0) is 44.2 Å². The van der Waals surface area contributed by atoms with E-state index >= 15 is 0 Å². The molecule has 0 aromatic carbocycles. The van der Waals surface area contributed by atoms with E-state index in [0.717, 1.165) is 61.6 Å². The maximum absolute atomic E-state index is 9.59. The first-order valence-electron chi connectivity index (χ1n) is 8.47. The van der Waals surface area contributed by atoms with Gasteiger partial charge >= 0.3 is 0 Å². The SMILES string of the molecule is N#CC1(c2ccc(-c3cnc(N4CCC(O)CC4)nc3)s2)CCC1. The number of rotatable bonds is 3. The van der Waals surface area contributed by atoms with Gasteiger partial charge in [-0.3, -0.25) is 0 Å². The lowest BCUT2D eigenvalue weighted by Crippen LogP contribution is -2.36. The number of aromatic nitrogens is 2. The molecule has 4 rings (SSSR count). The van der Waals surface area contributed by atoms with Crippen molar-refractivity contribution in [3.8, 4) is 16.5 Å². The number of hydrogen-bond acceptors (Lipinski definition) is 6. The van der Waals surface area contributed by atoms with Crippen LogP contribution >= 0.6 is 11.3 Å². The summed E-state index contributed by atoms with van der Waals surface area (Å²) in [4.78, 5) is 13.4. The topological polar surface area (TPSA) is 73.0 Å². The molecule has 1 saturated carbocycles. The summed E-state index contributed by atoms with van der Waals surface area (Å²) in [5, 5.41) is 19.1. The molecule has 0 radical (unpaired) electrons. The van der Waals surface area contributed by atoms with E-state index in [1.807, 2.05) is 12.4 Å². The van der Waals surface area contributed by atoms with Crippen LogP contribution in [0.3, 0.4) is 0 Å². The van der Waals surface area contributed by atoms with Crippen molar-refractivity contribution in [1.82, 2.24) is 9.97 Å². The smallest absolute Gasteiger partial charge is 0.225 e. The number of hydrogen-bond donors (Lipinski definition) is 1. The predicted octanol–water partition coefficient (Wildman–Crippen LogP) is 3.11. The zero-order chi connectivity index (χ0) is 16.6. The summed E-state index contributed by atoms with van der Waals surface area (Å²) < 4.78 is 0. The van der Waals surface area contributed by atoms with Gasteiger partial charge in [-0.2, -0.15) is 5.26 Å². The van der Waals surface area contributed by atoms with E-state index in [1.165, 1.54) is 4.88 Å². The van der Waals surface area contributed by atoms with Gasteiger partial charge in [0.15, 0.2) is 0 Å². The quantitative estimate of drug-likeness (QED) is 0.929. The molecule has 2 fully saturated rings. The monoisotopic (exact) mass is 340 g/mol. The maximum Gasteiger partial charge on any atom is 0.225 e. The normalized spacial score (nSPS) is 20.4. The Morgan fingerprint density at radius 3 is 2.50 bits per heavy atom. The highest BCUT2D eigenvalue weighted by Crippen LogP contribution is 2.47. The van der Waals surface area contributed by atoms with Crippen LogP contribution in [0, 0.1) is 11.3 Å². The van der Waals surface area contributed by atoms with E-state index in [0.29, 0.717) is 0 Å². The molecule has 124 valence electrons. The predicted molar refractivity (Wildman–Crippen MR) is 93.9 cm³/mol. The van der Waals surface area contributed by atoms with Crippen LogP contribution < -0.4 is 4.90 Å². The number of nitriles is 1. The molecule has 1 aliphatic heterocycles. The fourth-order valence-electron chi connectivity index (χ4n) is 3.37. The molecular weight excluding hydrogens is 320 g/mol. The van der Waals surface area contributed by atoms with Crippen molar-refractivity contribution < 1.29 is 5.11 Å². The van der Waals surface area contributed by atoms with Gasteiger partial charge in [-0.1, -0.05) is 0 Å². The average molecular weight is 340 g/mol. The third kappa shape index (κ3) is 2.68. The molecular formula is C18H20N4OS. The lowest BCUT2D eigenvalue weighted by atomic mass is 9.69. The second-order valence-electron chi connectivity index (χ2n) is 6.70. The number of nitrogens with zero attached hydrogens (tertiary/aromatic N) is 4. The largest absolute Gasteiger partial charge is 0.393 e. The Morgan fingerprint density at radius 1 is 1.21 bits per heavy atom. The minimum Gasteiger partial charge on any atom is -0.393 e. The van der Waals surface area contributed by atoms with Crippen molar-refractivity contribution in [2.24, 2.45) is 0 Å². The zero-order valence-corrected chi connectivity index (χ0v) is 14.3. The third-order valence-electron chi connectivity index (χ3n) is 5.17. The molecule has 0 spiro atoms. The van der Waals surface area contributed by atoms with Crippen LogP contribution in [0.1, 0.15) is 37.0 Å². The first kappa shape index (κ1) is 15.6. The van der Waals surface area contributed by atoms with E-state index < -0.39 is 0 Å². The molecule has 0 unspecified atom stereocenters. The van der Waals surface area contributed by atoms with E-state index in [1.54, 1.807) is 11.3 Å². The second-order valence-corrected chi connectivity index (χ2v) is 7.79. The highest BCUT2D eigenvalue weighted by Gasteiger charge is 2.40. The molecule has 2 aromatic heterocycles. The Hall–Kier alpha value is -1.97. The summed E-state index contributed by atoms with van der Waals surface area (Å²) in [6.07, 6.45) is 8.17. The van der Waals surface area contributed by atoms with E-state index in [2.05, 4.69) is 33.1 Å². The third-order valence-corrected chi connectivity index (χ3v) is 6.51. The molecule has 3 heterocycles. The molecule has 5 nitrogen and oxygen atoms in total. The van der Waals surface area contributed by atoms with Gasteiger partial charge in [0.05, 0.1) is 17.6 Å². The number of thiophene rings is 1. The van der Waals surface area contributed by atoms with E-state index in [4.69, 9.17) is 0 Å². The van der Waals surface area contributed by atoms with Crippen LogP contribution in [-0.4, -0.2) is 34.3 Å². The summed E-state index contributed by atoms with van der Waals surface area (Å²) in [5.74, 6) is 0.731.